The number of fused-ring (bicyclic) bond motifs is 2. The molecule has 0 bridgehead atoms. The summed E-state index contributed by atoms with van der Waals surface area (Å²) in [6, 6.07) is 18.1. The van der Waals surface area contributed by atoms with Crippen LogP contribution in [0.15, 0.2) is 73.3 Å². The first-order valence-electron chi connectivity index (χ1n) is 10.9. The van der Waals surface area contributed by atoms with Crippen molar-refractivity contribution in [2.24, 2.45) is 0 Å². The fourth-order valence-corrected chi connectivity index (χ4v) is 3.66. The molecular formula is C25H25N7O. The van der Waals surface area contributed by atoms with Crippen LogP contribution in [0.5, 0.6) is 5.75 Å². The number of ether oxygens (including phenoxy) is 1. The number of aromatic nitrogens is 5. The molecule has 33 heavy (non-hydrogen) atoms. The zero-order valence-corrected chi connectivity index (χ0v) is 18.6. The lowest BCUT2D eigenvalue weighted by Crippen LogP contribution is -2.28. The van der Waals surface area contributed by atoms with Gasteiger partial charge in [-0.25, -0.2) is 9.97 Å². The number of hydrogen-bond donors (Lipinski definition) is 2. The van der Waals surface area contributed by atoms with Crippen molar-refractivity contribution in [3.8, 4) is 5.75 Å². The Morgan fingerprint density at radius 3 is 2.82 bits per heavy atom. The van der Waals surface area contributed by atoms with Gasteiger partial charge in [0.25, 0.3) is 0 Å². The monoisotopic (exact) mass is 439 g/mol. The highest BCUT2D eigenvalue weighted by molar-refractivity contribution is 5.96. The van der Waals surface area contributed by atoms with E-state index in [-0.39, 0.29) is 6.04 Å². The van der Waals surface area contributed by atoms with Crippen LogP contribution in [0.4, 0.5) is 11.5 Å². The van der Waals surface area contributed by atoms with Crippen molar-refractivity contribution in [1.29, 1.82) is 0 Å². The molecule has 3 aromatic heterocycles. The molecule has 0 aliphatic rings. The van der Waals surface area contributed by atoms with Gasteiger partial charge in [0.05, 0.1) is 34.9 Å². The van der Waals surface area contributed by atoms with Gasteiger partial charge in [-0.2, -0.15) is 5.10 Å². The highest BCUT2D eigenvalue weighted by Crippen LogP contribution is 2.32. The highest BCUT2D eigenvalue weighted by atomic mass is 16.5. The van der Waals surface area contributed by atoms with Gasteiger partial charge >= 0.3 is 0 Å². The maximum Gasteiger partial charge on any atom is 0.145 e. The van der Waals surface area contributed by atoms with E-state index in [1.54, 1.807) is 12.5 Å². The first-order chi connectivity index (χ1) is 16.2. The van der Waals surface area contributed by atoms with Crippen LogP contribution < -0.4 is 15.4 Å². The van der Waals surface area contributed by atoms with E-state index in [1.807, 2.05) is 60.4 Å². The molecule has 0 saturated carbocycles. The molecule has 0 fully saturated rings. The second-order valence-corrected chi connectivity index (χ2v) is 7.90. The van der Waals surface area contributed by atoms with Crippen LogP contribution in [-0.4, -0.2) is 44.4 Å². The lowest BCUT2D eigenvalue weighted by Gasteiger charge is -2.15. The fourth-order valence-electron chi connectivity index (χ4n) is 3.66. The predicted molar refractivity (Wildman–Crippen MR) is 130 cm³/mol. The van der Waals surface area contributed by atoms with Gasteiger partial charge in [0.15, 0.2) is 0 Å². The Kier molecular flexibility index (Phi) is 5.82. The molecule has 0 aliphatic carbocycles. The molecule has 0 unspecified atom stereocenters. The van der Waals surface area contributed by atoms with E-state index in [4.69, 9.17) is 4.74 Å². The Balaban J connectivity index is 1.44. The second-order valence-electron chi connectivity index (χ2n) is 7.90. The van der Waals surface area contributed by atoms with Crippen molar-refractivity contribution < 1.29 is 4.74 Å². The van der Waals surface area contributed by atoms with Crippen LogP contribution in [0.2, 0.25) is 0 Å². The molecule has 2 aromatic carbocycles. The maximum absolute atomic E-state index is 6.08. The molecule has 0 radical (unpaired) electrons. The Morgan fingerprint density at radius 2 is 1.97 bits per heavy atom. The Labute approximate surface area is 191 Å². The summed E-state index contributed by atoms with van der Waals surface area (Å²) in [5.41, 5.74) is 3.76. The average Bonchev–Trinajstić information content (AvgIpc) is 3.25. The minimum Gasteiger partial charge on any atom is -0.491 e. The quantitative estimate of drug-likeness (QED) is 0.375. The van der Waals surface area contributed by atoms with Gasteiger partial charge in [0.2, 0.25) is 0 Å². The van der Waals surface area contributed by atoms with Crippen LogP contribution >= 0.6 is 0 Å². The van der Waals surface area contributed by atoms with Gasteiger partial charge < -0.3 is 15.4 Å². The molecule has 166 valence electrons. The maximum atomic E-state index is 6.08. The van der Waals surface area contributed by atoms with Crippen molar-refractivity contribution in [2.75, 3.05) is 19.0 Å². The summed E-state index contributed by atoms with van der Waals surface area (Å²) in [4.78, 5) is 13.3. The number of rotatable bonds is 8. The largest absolute Gasteiger partial charge is 0.491 e. The molecule has 0 amide bonds. The summed E-state index contributed by atoms with van der Waals surface area (Å²) < 4.78 is 8.03. The predicted octanol–water partition coefficient (Wildman–Crippen LogP) is 4.15. The van der Waals surface area contributed by atoms with Crippen LogP contribution in [0.1, 0.15) is 12.6 Å². The second kappa shape index (κ2) is 9.22. The smallest absolute Gasteiger partial charge is 0.145 e. The third-order valence-electron chi connectivity index (χ3n) is 5.55. The standard InChI is InChI=1S/C25H25N7O/c1-17(26-2)15-33-23-8-5-7-21-24(23)25(29-16-28-21)31-19-9-10-22-18(12-19)13-30-32(22)14-20-6-3-4-11-27-20/h3-13,16-17,26H,14-15H2,1-2H3,(H,28,29,31)/t17-/m1/s1. The summed E-state index contributed by atoms with van der Waals surface area (Å²) >= 11 is 0. The van der Waals surface area contributed by atoms with Gasteiger partial charge in [-0.05, 0) is 56.4 Å². The molecule has 8 heteroatoms. The number of likely N-dealkylation sites (N-methyl/N-ethyl adjacent to an activating group) is 1. The first-order valence-corrected chi connectivity index (χ1v) is 10.9. The van der Waals surface area contributed by atoms with E-state index in [1.165, 1.54) is 0 Å². The first kappa shape index (κ1) is 20.8. The number of anilines is 2. The lowest BCUT2D eigenvalue weighted by molar-refractivity contribution is 0.283. The lowest BCUT2D eigenvalue weighted by atomic mass is 10.2. The molecule has 0 spiro atoms. The molecule has 5 aromatic rings. The van der Waals surface area contributed by atoms with Crippen molar-refractivity contribution >= 4 is 33.3 Å². The summed E-state index contributed by atoms with van der Waals surface area (Å²) in [5, 5.41) is 13.1. The molecule has 0 saturated heterocycles. The number of pyridine rings is 1. The Morgan fingerprint density at radius 1 is 1.03 bits per heavy atom. The zero-order valence-electron chi connectivity index (χ0n) is 18.6. The summed E-state index contributed by atoms with van der Waals surface area (Å²) in [7, 11) is 1.92. The molecule has 2 N–H and O–H groups in total. The van der Waals surface area contributed by atoms with E-state index < -0.39 is 0 Å². The third kappa shape index (κ3) is 4.47. The summed E-state index contributed by atoms with van der Waals surface area (Å²) in [6.45, 7) is 3.24. The van der Waals surface area contributed by atoms with Crippen LogP contribution in [0.25, 0.3) is 21.8 Å². The summed E-state index contributed by atoms with van der Waals surface area (Å²) in [5.74, 6) is 1.45. The van der Waals surface area contributed by atoms with Crippen LogP contribution in [0, 0.1) is 0 Å². The number of hydrogen-bond acceptors (Lipinski definition) is 7. The summed E-state index contributed by atoms with van der Waals surface area (Å²) in [6.07, 6.45) is 5.23. The topological polar surface area (TPSA) is 89.8 Å². The Hall–Kier alpha value is -4.04. The molecule has 0 aliphatic heterocycles. The van der Waals surface area contributed by atoms with E-state index in [0.29, 0.717) is 19.0 Å². The van der Waals surface area contributed by atoms with Gasteiger partial charge in [0.1, 0.15) is 24.5 Å². The minimum absolute atomic E-state index is 0.228. The van der Waals surface area contributed by atoms with Gasteiger partial charge in [0, 0.05) is 23.3 Å². The number of nitrogens with one attached hydrogen (secondary N) is 2. The van der Waals surface area contributed by atoms with E-state index in [0.717, 1.165) is 38.9 Å². The molecule has 3 heterocycles. The fraction of sp³-hybridized carbons (Fsp3) is 0.200. The highest BCUT2D eigenvalue weighted by Gasteiger charge is 2.12. The van der Waals surface area contributed by atoms with Crippen molar-refractivity contribution in [3.63, 3.8) is 0 Å². The van der Waals surface area contributed by atoms with Crippen molar-refractivity contribution in [1.82, 2.24) is 30.0 Å². The molecular weight excluding hydrogens is 414 g/mol. The molecule has 8 nitrogen and oxygen atoms in total. The van der Waals surface area contributed by atoms with Crippen molar-refractivity contribution in [3.05, 3.63) is 79.0 Å². The van der Waals surface area contributed by atoms with Gasteiger partial charge in [-0.15, -0.1) is 0 Å². The minimum atomic E-state index is 0.228. The van der Waals surface area contributed by atoms with Crippen LogP contribution in [-0.2, 0) is 6.54 Å². The number of nitrogens with zero attached hydrogens (tertiary/aromatic N) is 5. The molecule has 5 rings (SSSR count). The third-order valence-corrected chi connectivity index (χ3v) is 5.55. The SMILES string of the molecule is CN[C@H](C)COc1cccc2ncnc(Nc3ccc4c(cnn4Cc4ccccn4)c3)c12. The van der Waals surface area contributed by atoms with E-state index in [2.05, 4.69) is 49.7 Å². The Bertz CT molecular complexity index is 1380. The average molecular weight is 440 g/mol. The number of benzene rings is 2. The van der Waals surface area contributed by atoms with Crippen LogP contribution in [0.3, 0.4) is 0 Å². The van der Waals surface area contributed by atoms with E-state index >= 15 is 0 Å². The van der Waals surface area contributed by atoms with Crippen molar-refractivity contribution in [2.45, 2.75) is 19.5 Å². The molecule has 1 atom stereocenters. The van der Waals surface area contributed by atoms with Gasteiger partial charge in [-0.3, -0.25) is 9.67 Å². The van der Waals surface area contributed by atoms with Gasteiger partial charge in [-0.1, -0.05) is 12.1 Å². The zero-order chi connectivity index (χ0) is 22.6. The van der Waals surface area contributed by atoms with E-state index in [9.17, 15) is 0 Å². The normalized spacial score (nSPS) is 12.2.